The highest BCUT2D eigenvalue weighted by molar-refractivity contribution is 7.17. The van der Waals surface area contributed by atoms with Gasteiger partial charge >= 0.3 is 0 Å². The van der Waals surface area contributed by atoms with Crippen molar-refractivity contribution in [1.29, 1.82) is 0 Å². The molecule has 2 rings (SSSR count). The number of hydrogen-bond acceptors (Lipinski definition) is 3. The minimum atomic E-state index is 0.615. The van der Waals surface area contributed by atoms with Gasteiger partial charge in [-0.25, -0.2) is 0 Å². The van der Waals surface area contributed by atoms with E-state index >= 15 is 0 Å². The van der Waals surface area contributed by atoms with Crippen molar-refractivity contribution >= 4 is 38.7 Å². The van der Waals surface area contributed by atoms with Crippen LogP contribution in [-0.2, 0) is 0 Å². The highest BCUT2D eigenvalue weighted by atomic mass is 35.5. The van der Waals surface area contributed by atoms with E-state index in [0.29, 0.717) is 11.6 Å². The van der Waals surface area contributed by atoms with Crippen LogP contribution in [0.1, 0.15) is 6.92 Å². The van der Waals surface area contributed by atoms with Gasteiger partial charge in [0.1, 0.15) is 5.75 Å². The molecule has 2 nitrogen and oxygen atoms in total. The minimum absolute atomic E-state index is 0.615. The Kier molecular flexibility index (Phi) is 2.52. The second-order valence-electron chi connectivity index (χ2n) is 2.90. The first-order chi connectivity index (χ1) is 6.72. The Labute approximate surface area is 91.2 Å². The van der Waals surface area contributed by atoms with Crippen LogP contribution in [0.4, 0.5) is 5.69 Å². The Morgan fingerprint density at radius 2 is 2.29 bits per heavy atom. The maximum absolute atomic E-state index is 6.03. The average Bonchev–Trinajstić information content (AvgIpc) is 2.50. The molecule has 4 heteroatoms. The highest BCUT2D eigenvalue weighted by Gasteiger charge is 2.07. The molecule has 1 aromatic carbocycles. The molecular weight excluding hydrogens is 218 g/mol. The van der Waals surface area contributed by atoms with E-state index in [1.165, 1.54) is 0 Å². The summed E-state index contributed by atoms with van der Waals surface area (Å²) in [4.78, 5) is 0. The quantitative estimate of drug-likeness (QED) is 0.852. The smallest absolute Gasteiger partial charge is 0.139 e. The third kappa shape index (κ3) is 1.53. The van der Waals surface area contributed by atoms with Crippen LogP contribution >= 0.6 is 22.9 Å². The van der Waals surface area contributed by atoms with E-state index in [9.17, 15) is 0 Å². The van der Waals surface area contributed by atoms with Gasteiger partial charge in [-0.1, -0.05) is 11.6 Å². The molecule has 2 aromatic rings. The van der Waals surface area contributed by atoms with Crippen LogP contribution in [0.2, 0.25) is 5.02 Å². The van der Waals surface area contributed by atoms with E-state index in [2.05, 4.69) is 0 Å². The fraction of sp³-hybridized carbons (Fsp3) is 0.200. The lowest BCUT2D eigenvalue weighted by molar-refractivity contribution is 0.341. The number of fused-ring (bicyclic) bond motifs is 1. The molecule has 0 unspecified atom stereocenters. The molecule has 0 saturated heterocycles. The van der Waals surface area contributed by atoms with Crippen molar-refractivity contribution in [3.63, 3.8) is 0 Å². The first kappa shape index (κ1) is 9.62. The monoisotopic (exact) mass is 227 g/mol. The first-order valence-corrected chi connectivity index (χ1v) is 5.57. The van der Waals surface area contributed by atoms with Gasteiger partial charge in [0, 0.05) is 15.5 Å². The van der Waals surface area contributed by atoms with E-state index in [4.69, 9.17) is 22.1 Å². The zero-order valence-electron chi connectivity index (χ0n) is 7.71. The van der Waals surface area contributed by atoms with Gasteiger partial charge in [-0.2, -0.15) is 0 Å². The van der Waals surface area contributed by atoms with Gasteiger partial charge in [0.15, 0.2) is 0 Å². The number of hydrogen-bond donors (Lipinski definition) is 1. The van der Waals surface area contributed by atoms with Gasteiger partial charge in [-0.15, -0.1) is 11.3 Å². The van der Waals surface area contributed by atoms with Crippen LogP contribution in [0.3, 0.4) is 0 Å². The van der Waals surface area contributed by atoms with Gasteiger partial charge in [0.05, 0.1) is 17.3 Å². The SMILES string of the molecule is CCOc1cc2scc(N)c2cc1Cl. The second kappa shape index (κ2) is 3.67. The first-order valence-electron chi connectivity index (χ1n) is 4.31. The van der Waals surface area contributed by atoms with Crippen molar-refractivity contribution in [3.05, 3.63) is 22.5 Å². The normalized spacial score (nSPS) is 10.7. The number of ether oxygens (including phenoxy) is 1. The molecule has 2 N–H and O–H groups in total. The van der Waals surface area contributed by atoms with Crippen LogP contribution < -0.4 is 10.5 Å². The lowest BCUT2D eigenvalue weighted by Crippen LogP contribution is -1.91. The van der Waals surface area contributed by atoms with Crippen molar-refractivity contribution in [2.45, 2.75) is 6.92 Å². The summed E-state index contributed by atoms with van der Waals surface area (Å²) in [6.07, 6.45) is 0. The molecule has 1 heterocycles. The molecule has 0 saturated carbocycles. The highest BCUT2D eigenvalue weighted by Crippen LogP contribution is 2.36. The molecule has 0 spiro atoms. The fourth-order valence-corrected chi connectivity index (χ4v) is 2.39. The number of nitrogens with two attached hydrogens (primary N) is 1. The van der Waals surface area contributed by atoms with Crippen LogP contribution in [0.5, 0.6) is 5.75 Å². The lowest BCUT2D eigenvalue weighted by Gasteiger charge is -2.05. The van der Waals surface area contributed by atoms with Crippen molar-refractivity contribution in [1.82, 2.24) is 0 Å². The van der Waals surface area contributed by atoms with Crippen molar-refractivity contribution < 1.29 is 4.74 Å². The number of thiophene rings is 1. The number of halogens is 1. The summed E-state index contributed by atoms with van der Waals surface area (Å²) in [7, 11) is 0. The Hall–Kier alpha value is -0.930. The predicted octanol–water partition coefficient (Wildman–Crippen LogP) is 3.54. The third-order valence-corrected chi connectivity index (χ3v) is 3.22. The van der Waals surface area contributed by atoms with Gasteiger partial charge in [-0.05, 0) is 19.1 Å². The molecule has 0 aliphatic heterocycles. The molecule has 74 valence electrons. The Morgan fingerprint density at radius 1 is 1.50 bits per heavy atom. The van der Waals surface area contributed by atoms with Crippen LogP contribution in [0.25, 0.3) is 10.1 Å². The number of benzene rings is 1. The molecule has 0 aliphatic rings. The molecule has 0 aliphatic carbocycles. The van der Waals surface area contributed by atoms with E-state index in [1.807, 2.05) is 24.4 Å². The van der Waals surface area contributed by atoms with Crippen LogP contribution in [0, 0.1) is 0 Å². The Morgan fingerprint density at radius 3 is 3.00 bits per heavy atom. The standard InChI is InChI=1S/C10H10ClNOS/c1-2-13-9-4-10-6(3-7(9)11)8(12)5-14-10/h3-5H,2,12H2,1H3. The van der Waals surface area contributed by atoms with E-state index in [-0.39, 0.29) is 0 Å². The second-order valence-corrected chi connectivity index (χ2v) is 4.22. The number of anilines is 1. The van der Waals surface area contributed by atoms with Crippen molar-refractivity contribution in [3.8, 4) is 5.75 Å². The zero-order chi connectivity index (χ0) is 10.1. The van der Waals surface area contributed by atoms with E-state index in [0.717, 1.165) is 21.5 Å². The third-order valence-electron chi connectivity index (χ3n) is 1.96. The van der Waals surface area contributed by atoms with Crippen LogP contribution in [0.15, 0.2) is 17.5 Å². The fourth-order valence-electron chi connectivity index (χ4n) is 1.31. The summed E-state index contributed by atoms with van der Waals surface area (Å²) < 4.78 is 6.49. The minimum Gasteiger partial charge on any atom is -0.492 e. The van der Waals surface area contributed by atoms with Crippen LogP contribution in [-0.4, -0.2) is 6.61 Å². The molecule has 0 fully saturated rings. The van der Waals surface area contributed by atoms with Gasteiger partial charge in [0.2, 0.25) is 0 Å². The molecule has 0 radical (unpaired) electrons. The van der Waals surface area contributed by atoms with E-state index < -0.39 is 0 Å². The topological polar surface area (TPSA) is 35.2 Å². The summed E-state index contributed by atoms with van der Waals surface area (Å²) in [6.45, 7) is 2.55. The molecule has 0 atom stereocenters. The summed E-state index contributed by atoms with van der Waals surface area (Å²) >= 11 is 7.63. The molecule has 1 aromatic heterocycles. The van der Waals surface area contributed by atoms with Crippen molar-refractivity contribution in [2.24, 2.45) is 0 Å². The summed E-state index contributed by atoms with van der Waals surface area (Å²) in [5, 5.41) is 3.53. The average molecular weight is 228 g/mol. The summed E-state index contributed by atoms with van der Waals surface area (Å²) in [5.41, 5.74) is 6.55. The molecule has 14 heavy (non-hydrogen) atoms. The number of rotatable bonds is 2. The summed E-state index contributed by atoms with van der Waals surface area (Å²) in [5.74, 6) is 0.725. The largest absolute Gasteiger partial charge is 0.492 e. The van der Waals surface area contributed by atoms with E-state index in [1.54, 1.807) is 11.3 Å². The molecular formula is C10H10ClNOS. The number of nitrogen functional groups attached to an aromatic ring is 1. The Balaban J connectivity index is 2.60. The van der Waals surface area contributed by atoms with Gasteiger partial charge in [0.25, 0.3) is 0 Å². The lowest BCUT2D eigenvalue weighted by atomic mass is 10.2. The molecule has 0 amide bonds. The maximum atomic E-state index is 6.03. The van der Waals surface area contributed by atoms with Gasteiger partial charge in [-0.3, -0.25) is 0 Å². The Bertz CT molecular complexity index is 466. The van der Waals surface area contributed by atoms with Gasteiger partial charge < -0.3 is 10.5 Å². The maximum Gasteiger partial charge on any atom is 0.139 e. The molecule has 0 bridgehead atoms. The predicted molar refractivity (Wildman–Crippen MR) is 62.4 cm³/mol. The summed E-state index contributed by atoms with van der Waals surface area (Å²) in [6, 6.07) is 3.79. The van der Waals surface area contributed by atoms with Crippen molar-refractivity contribution in [2.75, 3.05) is 12.3 Å². The zero-order valence-corrected chi connectivity index (χ0v) is 9.28.